The van der Waals surface area contributed by atoms with Crippen molar-refractivity contribution in [1.29, 1.82) is 0 Å². The number of carboxylic acids is 1. The second-order valence-corrected chi connectivity index (χ2v) is 10.1. The van der Waals surface area contributed by atoms with E-state index < -0.39 is 5.97 Å². The summed E-state index contributed by atoms with van der Waals surface area (Å²) in [4.78, 5) is 38.1. The van der Waals surface area contributed by atoms with E-state index in [-0.39, 0.29) is 30.0 Å². The minimum absolute atomic E-state index is 0.0567. The molecule has 0 aliphatic carbocycles. The van der Waals surface area contributed by atoms with Gasteiger partial charge >= 0.3 is 5.97 Å². The highest BCUT2D eigenvalue weighted by Crippen LogP contribution is 2.27. The molecule has 0 radical (unpaired) electrons. The van der Waals surface area contributed by atoms with Crippen LogP contribution in [-0.4, -0.2) is 57.5 Å². The van der Waals surface area contributed by atoms with Crippen LogP contribution >= 0.6 is 0 Å². The summed E-state index contributed by atoms with van der Waals surface area (Å²) in [7, 11) is 0. The van der Waals surface area contributed by atoms with Gasteiger partial charge in [-0.15, -0.1) is 0 Å². The second kappa shape index (κ2) is 11.8. The molecular formula is C31H30F2N4O3. The number of piperazine rings is 1. The molecule has 1 aliphatic heterocycles. The maximum Gasteiger partial charge on any atom is 0.303 e. The Morgan fingerprint density at radius 1 is 0.900 bits per heavy atom. The molecule has 1 aromatic heterocycles. The van der Waals surface area contributed by atoms with Gasteiger partial charge < -0.3 is 14.9 Å². The molecule has 9 heteroatoms. The highest BCUT2D eigenvalue weighted by atomic mass is 19.1. The van der Waals surface area contributed by atoms with E-state index in [1.54, 1.807) is 42.5 Å². The number of fused-ring (bicyclic) bond motifs is 1. The SMILES string of the molecule is C[C@@H]1CN(c2ccc(F)cc2)CCN1C(=O)c1ccc2nc(-c3ccc(F)cc3)c(CCCCC(=O)O)nc2c1. The first-order chi connectivity index (χ1) is 19.3. The van der Waals surface area contributed by atoms with E-state index in [1.165, 1.54) is 24.3 Å². The van der Waals surface area contributed by atoms with Crippen LogP contribution in [0.2, 0.25) is 0 Å². The van der Waals surface area contributed by atoms with Crippen LogP contribution in [0, 0.1) is 11.6 Å². The van der Waals surface area contributed by atoms with Crippen LogP contribution in [0.3, 0.4) is 0 Å². The lowest BCUT2D eigenvalue weighted by molar-refractivity contribution is -0.137. The van der Waals surface area contributed by atoms with Gasteiger partial charge in [-0.3, -0.25) is 9.59 Å². The topological polar surface area (TPSA) is 86.6 Å². The van der Waals surface area contributed by atoms with Crippen molar-refractivity contribution in [3.63, 3.8) is 0 Å². The molecule has 1 saturated heterocycles. The Morgan fingerprint density at radius 2 is 1.60 bits per heavy atom. The minimum atomic E-state index is -0.848. The average Bonchev–Trinajstić information content (AvgIpc) is 2.95. The van der Waals surface area contributed by atoms with Crippen LogP contribution in [0.5, 0.6) is 0 Å². The van der Waals surface area contributed by atoms with E-state index in [0.717, 1.165) is 11.3 Å². The van der Waals surface area contributed by atoms with Gasteiger partial charge in [0.1, 0.15) is 11.6 Å². The number of unbranched alkanes of at least 4 members (excludes halogenated alkanes) is 1. The number of hydrogen-bond donors (Lipinski definition) is 1. The Morgan fingerprint density at radius 3 is 2.27 bits per heavy atom. The number of aliphatic carboxylic acids is 1. The van der Waals surface area contributed by atoms with Gasteiger partial charge in [0, 0.05) is 48.9 Å². The first-order valence-electron chi connectivity index (χ1n) is 13.4. The van der Waals surface area contributed by atoms with E-state index in [0.29, 0.717) is 66.9 Å². The quantitative estimate of drug-likeness (QED) is 0.286. The molecule has 2 heterocycles. The van der Waals surface area contributed by atoms with Gasteiger partial charge in [-0.25, -0.2) is 18.7 Å². The highest BCUT2D eigenvalue weighted by molar-refractivity contribution is 5.98. The van der Waals surface area contributed by atoms with Crippen molar-refractivity contribution in [3.05, 3.63) is 89.6 Å². The monoisotopic (exact) mass is 544 g/mol. The summed E-state index contributed by atoms with van der Waals surface area (Å²) in [6.07, 6.45) is 1.68. The van der Waals surface area contributed by atoms with Crippen molar-refractivity contribution in [3.8, 4) is 11.3 Å². The summed E-state index contributed by atoms with van der Waals surface area (Å²) >= 11 is 0. The number of amides is 1. The Balaban J connectivity index is 1.39. The van der Waals surface area contributed by atoms with Crippen LogP contribution in [-0.2, 0) is 11.2 Å². The summed E-state index contributed by atoms with van der Waals surface area (Å²) < 4.78 is 26.9. The second-order valence-electron chi connectivity index (χ2n) is 10.1. The van der Waals surface area contributed by atoms with Gasteiger partial charge in [-0.05, 0) is 92.9 Å². The normalized spacial score (nSPS) is 15.4. The number of hydrogen-bond acceptors (Lipinski definition) is 5. The van der Waals surface area contributed by atoms with Gasteiger partial charge in [0.25, 0.3) is 5.91 Å². The number of halogens is 2. The molecule has 4 aromatic rings. The van der Waals surface area contributed by atoms with Crippen molar-refractivity contribution in [2.45, 2.75) is 38.6 Å². The molecule has 1 fully saturated rings. The maximum atomic E-state index is 13.6. The van der Waals surface area contributed by atoms with Gasteiger partial charge in [0.2, 0.25) is 0 Å². The molecule has 1 atom stereocenters. The standard InChI is InChI=1S/C31H30F2N4O3/c1-20-19-36(25-13-11-24(33)12-14-25)16-17-37(20)31(40)22-8-15-26-28(18-22)34-27(4-2-3-5-29(38)39)30(35-26)21-6-9-23(32)10-7-21/h6-15,18,20H,2-5,16-17,19H2,1H3,(H,38,39)/t20-/m1/s1. The predicted octanol–water partition coefficient (Wildman–Crippen LogP) is 5.72. The third-order valence-electron chi connectivity index (χ3n) is 7.24. The Bertz CT molecular complexity index is 1530. The number of aromatic nitrogens is 2. The Hall–Kier alpha value is -4.40. The first kappa shape index (κ1) is 27.2. The number of aryl methyl sites for hydroxylation is 1. The van der Waals surface area contributed by atoms with E-state index in [2.05, 4.69) is 4.90 Å². The molecule has 7 nitrogen and oxygen atoms in total. The van der Waals surface area contributed by atoms with Crippen molar-refractivity contribution in [2.24, 2.45) is 0 Å². The lowest BCUT2D eigenvalue weighted by Gasteiger charge is -2.41. The van der Waals surface area contributed by atoms with Crippen LogP contribution < -0.4 is 4.90 Å². The number of carbonyl (C=O) groups is 2. The minimum Gasteiger partial charge on any atom is -0.481 e. The van der Waals surface area contributed by atoms with Crippen LogP contribution in [0.15, 0.2) is 66.7 Å². The van der Waals surface area contributed by atoms with Gasteiger partial charge in [0.15, 0.2) is 0 Å². The maximum absolute atomic E-state index is 13.6. The largest absolute Gasteiger partial charge is 0.481 e. The van der Waals surface area contributed by atoms with Crippen molar-refractivity contribution in [2.75, 3.05) is 24.5 Å². The van der Waals surface area contributed by atoms with Crippen molar-refractivity contribution in [1.82, 2.24) is 14.9 Å². The molecule has 1 aliphatic rings. The first-order valence-corrected chi connectivity index (χ1v) is 13.4. The molecule has 0 bridgehead atoms. The van der Waals surface area contributed by atoms with Crippen molar-refractivity contribution >= 4 is 28.6 Å². The van der Waals surface area contributed by atoms with E-state index in [4.69, 9.17) is 15.1 Å². The lowest BCUT2D eigenvalue weighted by atomic mass is 10.0. The smallest absolute Gasteiger partial charge is 0.303 e. The molecule has 0 saturated carbocycles. The summed E-state index contributed by atoms with van der Waals surface area (Å²) in [6, 6.07) is 17.6. The number of nitrogens with zero attached hydrogens (tertiary/aromatic N) is 4. The lowest BCUT2D eigenvalue weighted by Crippen LogP contribution is -2.54. The molecule has 206 valence electrons. The number of carboxylic acid groups (broad SMARTS) is 1. The van der Waals surface area contributed by atoms with Crippen LogP contribution in [0.1, 0.15) is 42.2 Å². The summed E-state index contributed by atoms with van der Waals surface area (Å²) in [5.74, 6) is -1.57. The Kier molecular flexibility index (Phi) is 8.00. The molecule has 5 rings (SSSR count). The molecule has 1 amide bonds. The van der Waals surface area contributed by atoms with Crippen LogP contribution in [0.25, 0.3) is 22.3 Å². The number of anilines is 1. The van der Waals surface area contributed by atoms with Gasteiger partial charge in [0.05, 0.1) is 22.4 Å². The summed E-state index contributed by atoms with van der Waals surface area (Å²) in [6.45, 7) is 3.79. The van der Waals surface area contributed by atoms with E-state index in [9.17, 15) is 18.4 Å². The number of rotatable bonds is 8. The van der Waals surface area contributed by atoms with Gasteiger partial charge in [-0.2, -0.15) is 0 Å². The highest BCUT2D eigenvalue weighted by Gasteiger charge is 2.28. The summed E-state index contributed by atoms with van der Waals surface area (Å²) in [5, 5.41) is 8.99. The molecule has 1 N–H and O–H groups in total. The van der Waals surface area contributed by atoms with E-state index >= 15 is 0 Å². The zero-order chi connectivity index (χ0) is 28.2. The summed E-state index contributed by atoms with van der Waals surface area (Å²) in [5.41, 5.74) is 4.63. The predicted molar refractivity (Wildman–Crippen MR) is 149 cm³/mol. The number of carbonyl (C=O) groups excluding carboxylic acids is 1. The molecular weight excluding hydrogens is 514 g/mol. The molecule has 0 unspecified atom stereocenters. The Labute approximate surface area is 231 Å². The van der Waals surface area contributed by atoms with Crippen LogP contribution in [0.4, 0.5) is 14.5 Å². The number of benzene rings is 3. The van der Waals surface area contributed by atoms with Crippen molar-refractivity contribution < 1.29 is 23.5 Å². The fraction of sp³-hybridized carbons (Fsp3) is 0.290. The average molecular weight is 545 g/mol. The zero-order valence-corrected chi connectivity index (χ0v) is 22.2. The molecule has 3 aromatic carbocycles. The zero-order valence-electron chi connectivity index (χ0n) is 22.2. The fourth-order valence-electron chi connectivity index (χ4n) is 5.12. The fourth-order valence-corrected chi connectivity index (χ4v) is 5.12. The third kappa shape index (κ3) is 6.09. The third-order valence-corrected chi connectivity index (χ3v) is 7.24. The molecule has 0 spiro atoms. The van der Waals surface area contributed by atoms with Gasteiger partial charge in [-0.1, -0.05) is 0 Å². The van der Waals surface area contributed by atoms with E-state index in [1.807, 2.05) is 11.8 Å². The molecule has 40 heavy (non-hydrogen) atoms.